The first-order valence-corrected chi connectivity index (χ1v) is 6.15. The van der Waals surface area contributed by atoms with Crippen LogP contribution in [0.2, 0.25) is 5.02 Å². The Morgan fingerprint density at radius 3 is 2.81 bits per heavy atom. The lowest BCUT2D eigenvalue weighted by molar-refractivity contribution is 0.0238. The maximum Gasteiger partial charge on any atom is 0.232 e. The second-order valence-electron chi connectivity index (χ2n) is 3.69. The monoisotopic (exact) mass is 261 g/mol. The molecule has 3 nitrogen and oxygen atoms in total. The Hall–Kier alpha value is -0.510. The molecule has 1 aromatic heterocycles. The molecule has 2 heterocycles. The smallest absolute Gasteiger partial charge is 0.232 e. The summed E-state index contributed by atoms with van der Waals surface area (Å²) in [5, 5.41) is 0.518. The van der Waals surface area contributed by atoms with Crippen LogP contribution in [-0.2, 0) is 10.6 Å². The van der Waals surface area contributed by atoms with Gasteiger partial charge in [0.1, 0.15) is 11.1 Å². The summed E-state index contributed by atoms with van der Waals surface area (Å²) in [6.45, 7) is 1.48. The third-order valence-corrected chi connectivity index (χ3v) is 3.04. The van der Waals surface area contributed by atoms with Gasteiger partial charge in [0, 0.05) is 24.9 Å². The van der Waals surface area contributed by atoms with Crippen molar-refractivity contribution in [3.8, 4) is 5.88 Å². The first-order valence-electron chi connectivity index (χ1n) is 5.24. The fourth-order valence-electron chi connectivity index (χ4n) is 1.58. The van der Waals surface area contributed by atoms with E-state index in [1.807, 2.05) is 0 Å². The molecule has 1 saturated heterocycles. The minimum Gasteiger partial charge on any atom is -0.473 e. The zero-order chi connectivity index (χ0) is 11.4. The van der Waals surface area contributed by atoms with Gasteiger partial charge in [-0.05, 0) is 11.6 Å². The average Bonchev–Trinajstić information content (AvgIpc) is 2.33. The van der Waals surface area contributed by atoms with Crippen molar-refractivity contribution in [2.45, 2.75) is 24.8 Å². The number of hydrogen-bond donors (Lipinski definition) is 0. The zero-order valence-electron chi connectivity index (χ0n) is 8.79. The lowest BCUT2D eigenvalue weighted by Crippen LogP contribution is -2.26. The molecule has 0 bridgehead atoms. The van der Waals surface area contributed by atoms with Crippen LogP contribution in [0.1, 0.15) is 18.4 Å². The highest BCUT2D eigenvalue weighted by atomic mass is 35.5. The fraction of sp³-hybridized carbons (Fsp3) is 0.545. The van der Waals surface area contributed by atoms with Crippen LogP contribution >= 0.6 is 23.2 Å². The fourth-order valence-corrected chi connectivity index (χ4v) is 1.96. The molecule has 0 saturated carbocycles. The Morgan fingerprint density at radius 1 is 1.44 bits per heavy atom. The third-order valence-electron chi connectivity index (χ3n) is 2.46. The van der Waals surface area contributed by atoms with Gasteiger partial charge in [-0.1, -0.05) is 11.6 Å². The number of rotatable bonds is 3. The van der Waals surface area contributed by atoms with E-state index in [2.05, 4.69) is 4.98 Å². The van der Waals surface area contributed by atoms with E-state index in [1.165, 1.54) is 0 Å². The second kappa shape index (κ2) is 5.71. The van der Waals surface area contributed by atoms with E-state index in [4.69, 9.17) is 32.7 Å². The van der Waals surface area contributed by atoms with Crippen molar-refractivity contribution in [2.75, 3.05) is 13.2 Å². The highest BCUT2D eigenvalue weighted by Crippen LogP contribution is 2.25. The number of aromatic nitrogens is 1. The predicted octanol–water partition coefficient (Wildman–Crippen LogP) is 3.03. The molecule has 0 aromatic carbocycles. The van der Waals surface area contributed by atoms with Gasteiger partial charge in [0.25, 0.3) is 0 Å². The van der Waals surface area contributed by atoms with Gasteiger partial charge in [-0.3, -0.25) is 0 Å². The Morgan fingerprint density at radius 2 is 2.19 bits per heavy atom. The molecule has 0 N–H and O–H groups in total. The van der Waals surface area contributed by atoms with Gasteiger partial charge in [-0.15, -0.1) is 11.6 Å². The van der Waals surface area contributed by atoms with Crippen LogP contribution in [-0.4, -0.2) is 24.3 Å². The maximum absolute atomic E-state index is 6.05. The first-order chi connectivity index (χ1) is 7.79. The Labute approximate surface area is 105 Å². The molecule has 1 aromatic rings. The molecule has 0 radical (unpaired) electrons. The van der Waals surface area contributed by atoms with E-state index in [9.17, 15) is 0 Å². The molecular weight excluding hydrogens is 249 g/mol. The number of ether oxygens (including phenoxy) is 2. The van der Waals surface area contributed by atoms with Gasteiger partial charge in [-0.2, -0.15) is 0 Å². The zero-order valence-corrected chi connectivity index (χ0v) is 10.3. The normalized spacial score (nSPS) is 17.4. The maximum atomic E-state index is 6.05. The summed E-state index contributed by atoms with van der Waals surface area (Å²) >= 11 is 11.7. The van der Waals surface area contributed by atoms with Crippen molar-refractivity contribution >= 4 is 23.2 Å². The Bertz CT molecular complexity index is 354. The minimum absolute atomic E-state index is 0.153. The van der Waals surface area contributed by atoms with Crippen LogP contribution in [0.5, 0.6) is 5.88 Å². The van der Waals surface area contributed by atoms with Crippen LogP contribution in [0.3, 0.4) is 0 Å². The van der Waals surface area contributed by atoms with Crippen molar-refractivity contribution in [1.29, 1.82) is 0 Å². The number of pyridine rings is 1. The molecule has 0 spiro atoms. The van der Waals surface area contributed by atoms with E-state index in [0.717, 1.165) is 31.6 Å². The van der Waals surface area contributed by atoms with Crippen molar-refractivity contribution in [3.63, 3.8) is 0 Å². The van der Waals surface area contributed by atoms with E-state index in [-0.39, 0.29) is 6.10 Å². The molecule has 0 atom stereocenters. The molecular formula is C11H13Cl2NO2. The number of halogens is 2. The molecule has 0 amide bonds. The molecule has 16 heavy (non-hydrogen) atoms. The topological polar surface area (TPSA) is 31.4 Å². The largest absolute Gasteiger partial charge is 0.473 e. The SMILES string of the molecule is ClCc1cnc(OC2CCOCC2)c(Cl)c1. The van der Waals surface area contributed by atoms with Gasteiger partial charge < -0.3 is 9.47 Å². The van der Waals surface area contributed by atoms with E-state index in [1.54, 1.807) is 12.3 Å². The first kappa shape index (κ1) is 12.0. The van der Waals surface area contributed by atoms with E-state index >= 15 is 0 Å². The summed E-state index contributed by atoms with van der Waals surface area (Å²) in [6, 6.07) is 1.79. The van der Waals surface area contributed by atoms with E-state index in [0.29, 0.717) is 16.8 Å². The summed E-state index contributed by atoms with van der Waals surface area (Å²) in [7, 11) is 0. The molecule has 0 unspecified atom stereocenters. The van der Waals surface area contributed by atoms with Gasteiger partial charge in [-0.25, -0.2) is 4.98 Å². The average molecular weight is 262 g/mol. The van der Waals surface area contributed by atoms with Gasteiger partial charge in [0.15, 0.2) is 0 Å². The summed E-state index contributed by atoms with van der Waals surface area (Å²) in [5.74, 6) is 0.895. The van der Waals surface area contributed by atoms with Crippen molar-refractivity contribution < 1.29 is 9.47 Å². The number of alkyl halides is 1. The van der Waals surface area contributed by atoms with Gasteiger partial charge in [0.2, 0.25) is 5.88 Å². The molecule has 88 valence electrons. The Balaban J connectivity index is 2.03. The third kappa shape index (κ3) is 3.00. The van der Waals surface area contributed by atoms with Crippen molar-refractivity contribution in [1.82, 2.24) is 4.98 Å². The summed E-state index contributed by atoms with van der Waals surface area (Å²) in [5.41, 5.74) is 0.894. The highest BCUT2D eigenvalue weighted by molar-refractivity contribution is 6.32. The molecule has 5 heteroatoms. The second-order valence-corrected chi connectivity index (χ2v) is 4.37. The number of nitrogens with zero attached hydrogens (tertiary/aromatic N) is 1. The van der Waals surface area contributed by atoms with Crippen molar-refractivity contribution in [3.05, 3.63) is 22.8 Å². The van der Waals surface area contributed by atoms with Gasteiger partial charge in [0.05, 0.1) is 13.2 Å². The summed E-state index contributed by atoms with van der Waals surface area (Å²) < 4.78 is 11.0. The predicted molar refractivity (Wildman–Crippen MR) is 63.3 cm³/mol. The van der Waals surface area contributed by atoms with Crippen LogP contribution < -0.4 is 4.74 Å². The Kier molecular flexibility index (Phi) is 4.27. The molecule has 1 aliphatic heterocycles. The lowest BCUT2D eigenvalue weighted by atomic mass is 10.1. The van der Waals surface area contributed by atoms with Crippen LogP contribution in [0.4, 0.5) is 0 Å². The molecule has 1 fully saturated rings. The van der Waals surface area contributed by atoms with Crippen LogP contribution in [0.25, 0.3) is 0 Å². The summed E-state index contributed by atoms with van der Waals surface area (Å²) in [6.07, 6.45) is 3.61. The van der Waals surface area contributed by atoms with Gasteiger partial charge >= 0.3 is 0 Å². The minimum atomic E-state index is 0.153. The quantitative estimate of drug-likeness (QED) is 0.784. The number of hydrogen-bond acceptors (Lipinski definition) is 3. The highest BCUT2D eigenvalue weighted by Gasteiger charge is 2.17. The van der Waals surface area contributed by atoms with E-state index < -0.39 is 0 Å². The van der Waals surface area contributed by atoms with Crippen LogP contribution in [0, 0.1) is 0 Å². The standard InChI is InChI=1S/C11H13Cl2NO2/c12-6-8-5-10(13)11(14-7-8)16-9-1-3-15-4-2-9/h5,7,9H,1-4,6H2. The lowest BCUT2D eigenvalue weighted by Gasteiger charge is -2.23. The summed E-state index contributed by atoms with van der Waals surface area (Å²) in [4.78, 5) is 4.16. The molecule has 1 aliphatic rings. The van der Waals surface area contributed by atoms with Crippen molar-refractivity contribution in [2.24, 2.45) is 0 Å². The molecule has 2 rings (SSSR count). The molecule has 0 aliphatic carbocycles. The van der Waals surface area contributed by atoms with Crippen LogP contribution in [0.15, 0.2) is 12.3 Å².